The quantitative estimate of drug-likeness (QED) is 0.457. The van der Waals surface area contributed by atoms with E-state index in [0.717, 1.165) is 22.9 Å². The molecule has 7 heteroatoms. The first kappa shape index (κ1) is 18.9. The van der Waals surface area contributed by atoms with Crippen molar-refractivity contribution in [1.29, 1.82) is 0 Å². The van der Waals surface area contributed by atoms with Crippen LogP contribution in [0.5, 0.6) is 0 Å². The van der Waals surface area contributed by atoms with Crippen LogP contribution in [-0.2, 0) is 4.79 Å². The molecule has 2 atom stereocenters. The Kier molecular flexibility index (Phi) is 4.48. The predicted molar refractivity (Wildman–Crippen MR) is 120 cm³/mol. The number of hydrogen-bond donors (Lipinski definition) is 3. The van der Waals surface area contributed by atoms with E-state index in [2.05, 4.69) is 44.9 Å². The molecule has 1 aliphatic heterocycles. The van der Waals surface area contributed by atoms with Crippen LogP contribution in [0.2, 0.25) is 0 Å². The van der Waals surface area contributed by atoms with Crippen molar-refractivity contribution in [3.8, 4) is 12.0 Å². The average molecular weight is 411 g/mol. The number of aromatic amines is 1. The first-order valence-electron chi connectivity index (χ1n) is 10.1. The lowest BCUT2D eigenvalue weighted by Crippen LogP contribution is -2.18. The molecule has 0 radical (unpaired) electrons. The van der Waals surface area contributed by atoms with Crippen LogP contribution >= 0.6 is 0 Å². The van der Waals surface area contributed by atoms with E-state index in [0.29, 0.717) is 16.9 Å². The molecule has 3 N–H and O–H groups in total. The standard InChI is InChI=1S/C24H21N5O2/c1-29(2)9-8-20-19-13-25-28-24(31)18-10-15(11-21(27-20)22(18)19)26-23(30)17-12-16(17)14-6-4-3-5-7-14/h3-7,10-11,13,16-17,27H,12H2,1-2H3,(H,26,30)(H,28,31). The molecular formula is C24H21N5O2. The fourth-order valence-corrected chi connectivity index (χ4v) is 4.01. The smallest absolute Gasteiger partial charge is 0.272 e. The second kappa shape index (κ2) is 7.33. The zero-order chi connectivity index (χ0) is 21.5. The summed E-state index contributed by atoms with van der Waals surface area (Å²) in [5.41, 5.74) is 6.87. The minimum atomic E-state index is -0.323. The third-order valence-corrected chi connectivity index (χ3v) is 5.57. The van der Waals surface area contributed by atoms with Crippen LogP contribution in [0.3, 0.4) is 0 Å². The zero-order valence-corrected chi connectivity index (χ0v) is 17.2. The summed E-state index contributed by atoms with van der Waals surface area (Å²) >= 11 is 0. The number of hydrazone groups is 1. The number of nitrogens with one attached hydrogen (secondary N) is 3. The van der Waals surface area contributed by atoms with Crippen molar-refractivity contribution >= 4 is 34.6 Å². The number of hydrogen-bond acceptors (Lipinski definition) is 4. The van der Waals surface area contributed by atoms with Crippen molar-refractivity contribution in [1.82, 2.24) is 15.3 Å². The van der Waals surface area contributed by atoms with Crippen LogP contribution in [-0.4, -0.2) is 42.0 Å². The number of anilines is 1. The Morgan fingerprint density at radius 3 is 2.81 bits per heavy atom. The van der Waals surface area contributed by atoms with Crippen LogP contribution in [0.4, 0.5) is 5.69 Å². The molecule has 1 saturated carbocycles. The van der Waals surface area contributed by atoms with Gasteiger partial charge in [-0.2, -0.15) is 5.10 Å². The van der Waals surface area contributed by atoms with E-state index in [1.165, 1.54) is 5.56 Å². The van der Waals surface area contributed by atoms with E-state index in [4.69, 9.17) is 0 Å². The molecule has 2 amide bonds. The topological polar surface area (TPSA) is 89.6 Å². The van der Waals surface area contributed by atoms with Crippen LogP contribution in [0.1, 0.15) is 39.5 Å². The molecule has 0 spiro atoms. The molecule has 154 valence electrons. The Labute approximate surface area is 179 Å². The van der Waals surface area contributed by atoms with Gasteiger partial charge in [-0.1, -0.05) is 30.3 Å². The molecule has 2 unspecified atom stereocenters. The summed E-state index contributed by atoms with van der Waals surface area (Å²) in [6, 6.07) is 16.6. The Morgan fingerprint density at radius 1 is 1.23 bits per heavy atom. The highest BCUT2D eigenvalue weighted by molar-refractivity contribution is 6.16. The van der Waals surface area contributed by atoms with Gasteiger partial charge in [0.1, 0.15) is 5.69 Å². The monoisotopic (exact) mass is 411 g/mol. The molecule has 2 heterocycles. The molecule has 7 nitrogen and oxygen atoms in total. The number of rotatable bonds is 3. The minimum Gasteiger partial charge on any atom is -0.347 e. The molecule has 2 aliphatic rings. The van der Waals surface area contributed by atoms with Crippen LogP contribution in [0.25, 0.3) is 10.9 Å². The van der Waals surface area contributed by atoms with Gasteiger partial charge in [-0.3, -0.25) is 9.59 Å². The predicted octanol–water partition coefficient (Wildman–Crippen LogP) is 2.86. The van der Waals surface area contributed by atoms with Crippen molar-refractivity contribution in [3.63, 3.8) is 0 Å². The van der Waals surface area contributed by atoms with E-state index < -0.39 is 0 Å². The Bertz CT molecular complexity index is 1290. The lowest BCUT2D eigenvalue weighted by molar-refractivity contribution is -0.117. The lowest BCUT2D eigenvalue weighted by Gasteiger charge is -2.08. The van der Waals surface area contributed by atoms with Gasteiger partial charge in [-0.25, -0.2) is 5.43 Å². The number of carbonyl (C=O) groups is 2. The first-order chi connectivity index (χ1) is 15.0. The third-order valence-electron chi connectivity index (χ3n) is 5.57. The van der Waals surface area contributed by atoms with Crippen LogP contribution in [0.15, 0.2) is 47.6 Å². The SMILES string of the molecule is CN(C)C#Cc1[nH]c2cc(NC(=O)C3CC3c3ccccc3)cc3c2c1C=NNC3=O. The van der Waals surface area contributed by atoms with Crippen molar-refractivity contribution in [3.05, 3.63) is 64.8 Å². The summed E-state index contributed by atoms with van der Waals surface area (Å²) in [5.74, 6) is 2.90. The van der Waals surface area contributed by atoms with Gasteiger partial charge >= 0.3 is 0 Å². The average Bonchev–Trinajstić information content (AvgIpc) is 3.51. The Morgan fingerprint density at radius 2 is 2.03 bits per heavy atom. The van der Waals surface area contributed by atoms with Gasteiger partial charge < -0.3 is 15.2 Å². The molecule has 3 aromatic rings. The highest BCUT2D eigenvalue weighted by Crippen LogP contribution is 2.48. The Hall–Kier alpha value is -4.05. The highest BCUT2D eigenvalue weighted by atomic mass is 16.2. The van der Waals surface area contributed by atoms with Crippen LogP contribution in [0, 0.1) is 17.9 Å². The highest BCUT2D eigenvalue weighted by Gasteiger charge is 2.43. The maximum atomic E-state index is 12.8. The summed E-state index contributed by atoms with van der Waals surface area (Å²) in [4.78, 5) is 30.4. The van der Waals surface area contributed by atoms with Gasteiger partial charge in [-0.05, 0) is 36.0 Å². The van der Waals surface area contributed by atoms with Crippen molar-refractivity contribution in [2.24, 2.45) is 11.0 Å². The van der Waals surface area contributed by atoms with E-state index in [9.17, 15) is 9.59 Å². The second-order valence-electron chi connectivity index (χ2n) is 8.04. The van der Waals surface area contributed by atoms with Crippen molar-refractivity contribution in [2.75, 3.05) is 19.4 Å². The fourth-order valence-electron chi connectivity index (χ4n) is 4.01. The summed E-state index contributed by atoms with van der Waals surface area (Å²) in [5, 5.41) is 7.75. The number of aromatic nitrogens is 1. The maximum Gasteiger partial charge on any atom is 0.272 e. The summed E-state index contributed by atoms with van der Waals surface area (Å²) < 4.78 is 0. The summed E-state index contributed by atoms with van der Waals surface area (Å²) in [6.07, 6.45) is 2.43. The summed E-state index contributed by atoms with van der Waals surface area (Å²) in [6.45, 7) is 0. The van der Waals surface area contributed by atoms with Crippen LogP contribution < -0.4 is 10.7 Å². The van der Waals surface area contributed by atoms with Gasteiger partial charge in [0.15, 0.2) is 0 Å². The van der Waals surface area contributed by atoms with Gasteiger partial charge in [0.2, 0.25) is 5.91 Å². The molecule has 0 bridgehead atoms. The molecule has 1 aliphatic carbocycles. The minimum absolute atomic E-state index is 0.0370. The third kappa shape index (κ3) is 3.53. The molecule has 2 aromatic carbocycles. The van der Waals surface area contributed by atoms with Gasteiger partial charge in [0.25, 0.3) is 5.91 Å². The van der Waals surface area contributed by atoms with Gasteiger partial charge in [0.05, 0.1) is 11.8 Å². The largest absolute Gasteiger partial charge is 0.347 e. The van der Waals surface area contributed by atoms with Crippen molar-refractivity contribution < 1.29 is 9.59 Å². The number of H-pyrrole nitrogens is 1. The van der Waals surface area contributed by atoms with E-state index in [1.54, 1.807) is 17.2 Å². The van der Waals surface area contributed by atoms with Gasteiger partial charge in [0, 0.05) is 48.2 Å². The van der Waals surface area contributed by atoms with E-state index >= 15 is 0 Å². The van der Waals surface area contributed by atoms with E-state index in [1.807, 2.05) is 38.4 Å². The molecule has 0 saturated heterocycles. The van der Waals surface area contributed by atoms with E-state index in [-0.39, 0.29) is 23.7 Å². The fraction of sp³-hybridized carbons (Fsp3) is 0.208. The molecular weight excluding hydrogens is 390 g/mol. The molecule has 1 fully saturated rings. The lowest BCUT2D eigenvalue weighted by atomic mass is 10.0. The Balaban J connectivity index is 1.47. The summed E-state index contributed by atoms with van der Waals surface area (Å²) in [7, 11) is 3.71. The van der Waals surface area contributed by atoms with Gasteiger partial charge in [-0.15, -0.1) is 0 Å². The second-order valence-corrected chi connectivity index (χ2v) is 8.04. The normalized spacial score (nSPS) is 18.6. The molecule has 31 heavy (non-hydrogen) atoms. The first-order valence-corrected chi connectivity index (χ1v) is 10.1. The number of carbonyl (C=O) groups excluding carboxylic acids is 2. The zero-order valence-electron chi connectivity index (χ0n) is 17.2. The number of amides is 2. The molecule has 5 rings (SSSR count). The maximum absolute atomic E-state index is 12.8. The number of nitrogens with zero attached hydrogens (tertiary/aromatic N) is 2. The number of benzene rings is 2. The molecule has 1 aromatic heterocycles. The van der Waals surface area contributed by atoms with Crippen molar-refractivity contribution in [2.45, 2.75) is 12.3 Å².